The van der Waals surface area contributed by atoms with Gasteiger partial charge in [-0.25, -0.2) is 5.48 Å². The molecule has 9 nitrogen and oxygen atoms in total. The summed E-state index contributed by atoms with van der Waals surface area (Å²) in [4.78, 5) is 41.8. The number of rotatable bonds is 14. The number of aryl methyl sites for hydroxylation is 1. The lowest BCUT2D eigenvalue weighted by Crippen LogP contribution is -2.43. The van der Waals surface area contributed by atoms with Crippen LogP contribution in [0.1, 0.15) is 48.8 Å². The summed E-state index contributed by atoms with van der Waals surface area (Å²) >= 11 is 0. The summed E-state index contributed by atoms with van der Waals surface area (Å²) in [5.74, 6) is -0.501. The summed E-state index contributed by atoms with van der Waals surface area (Å²) in [5, 5.41) is 15.3. The number of fused-ring (bicyclic) bond motifs is 1. The van der Waals surface area contributed by atoms with Crippen molar-refractivity contribution < 1.29 is 24.3 Å². The number of ether oxygens (including phenoxy) is 1. The van der Waals surface area contributed by atoms with Crippen molar-refractivity contribution in [1.82, 2.24) is 15.8 Å². The Morgan fingerprint density at radius 1 is 0.930 bits per heavy atom. The van der Waals surface area contributed by atoms with E-state index in [1.54, 1.807) is 23.8 Å². The molecular weight excluding hydrogens is 544 g/mol. The van der Waals surface area contributed by atoms with Crippen LogP contribution in [0, 0.1) is 6.92 Å². The molecule has 0 saturated carbocycles. The van der Waals surface area contributed by atoms with Crippen LogP contribution < -0.4 is 20.9 Å². The number of hydroxylamine groups is 1. The average molecular weight is 581 g/mol. The molecule has 0 radical (unpaired) electrons. The summed E-state index contributed by atoms with van der Waals surface area (Å²) in [6.45, 7) is 2.51. The highest BCUT2D eigenvalue weighted by Gasteiger charge is 2.21. The highest BCUT2D eigenvalue weighted by atomic mass is 16.5. The molecular formula is C34H36N4O5. The lowest BCUT2D eigenvalue weighted by Gasteiger charge is -2.18. The van der Waals surface area contributed by atoms with Crippen molar-refractivity contribution in [1.29, 1.82) is 0 Å². The molecule has 9 heteroatoms. The fraction of sp³-hybridized carbons (Fsp3) is 0.235. The fourth-order valence-electron chi connectivity index (χ4n) is 4.48. The smallest absolute Gasteiger partial charge is 0.247 e. The van der Waals surface area contributed by atoms with E-state index in [0.717, 1.165) is 22.3 Å². The zero-order valence-electron chi connectivity index (χ0n) is 24.1. The zero-order chi connectivity index (χ0) is 30.4. The van der Waals surface area contributed by atoms with E-state index in [1.165, 1.54) is 11.6 Å². The van der Waals surface area contributed by atoms with Crippen LogP contribution in [-0.2, 0) is 21.0 Å². The lowest BCUT2D eigenvalue weighted by molar-refractivity contribution is -0.129. The third-order valence-corrected chi connectivity index (χ3v) is 6.88. The lowest BCUT2D eigenvalue weighted by atomic mass is 10.1. The molecule has 0 unspecified atom stereocenters. The largest absolute Gasteiger partial charge is 0.489 e. The molecule has 1 aromatic heterocycles. The van der Waals surface area contributed by atoms with Crippen LogP contribution in [0.4, 0.5) is 5.69 Å². The van der Waals surface area contributed by atoms with Gasteiger partial charge >= 0.3 is 0 Å². The molecule has 0 aliphatic carbocycles. The van der Waals surface area contributed by atoms with Gasteiger partial charge in [-0.3, -0.25) is 24.6 Å². The first kappa shape index (κ1) is 30.9. The number of unbranched alkanes of at least 4 members (excludes halogenated alkanes) is 2. The topological polar surface area (TPSA) is 130 Å². The fourth-order valence-corrected chi connectivity index (χ4v) is 4.48. The number of carbonyl (C=O) groups is 3. The molecule has 4 aromatic rings. The van der Waals surface area contributed by atoms with E-state index < -0.39 is 17.9 Å². The van der Waals surface area contributed by atoms with E-state index >= 15 is 0 Å². The Labute approximate surface area is 250 Å². The molecule has 0 bridgehead atoms. The van der Waals surface area contributed by atoms with Crippen LogP contribution in [0.2, 0.25) is 0 Å². The third-order valence-electron chi connectivity index (χ3n) is 6.88. The predicted molar refractivity (Wildman–Crippen MR) is 166 cm³/mol. The van der Waals surface area contributed by atoms with Gasteiger partial charge in [0.05, 0.1) is 11.2 Å². The molecule has 4 rings (SSSR count). The second-order valence-electron chi connectivity index (χ2n) is 10.2. The summed E-state index contributed by atoms with van der Waals surface area (Å²) in [7, 11) is 0. The molecule has 0 aliphatic heterocycles. The van der Waals surface area contributed by atoms with Crippen molar-refractivity contribution in [2.45, 2.75) is 51.7 Å². The van der Waals surface area contributed by atoms with Gasteiger partial charge < -0.3 is 15.4 Å². The number of hydrogen-bond donors (Lipinski definition) is 4. The van der Waals surface area contributed by atoms with E-state index in [0.29, 0.717) is 43.5 Å². The summed E-state index contributed by atoms with van der Waals surface area (Å²) in [6.07, 6.45) is 7.08. The molecule has 1 atom stereocenters. The van der Waals surface area contributed by atoms with Crippen LogP contribution in [0.3, 0.4) is 0 Å². The number of amides is 3. The number of anilines is 1. The number of hydrogen-bond acceptors (Lipinski definition) is 6. The first-order valence-corrected chi connectivity index (χ1v) is 14.3. The number of aromatic nitrogens is 1. The van der Waals surface area contributed by atoms with Gasteiger partial charge in [0, 0.05) is 24.1 Å². The highest BCUT2D eigenvalue weighted by Crippen LogP contribution is 2.21. The monoisotopic (exact) mass is 580 g/mol. The number of pyridine rings is 1. The van der Waals surface area contributed by atoms with E-state index in [1.807, 2.05) is 79.7 Å². The first-order valence-electron chi connectivity index (χ1n) is 14.3. The SMILES string of the molecule is Cc1ccc(COc2ccc(/C=C/C(=O)N[C@@H](CCCCCC(=O)NO)C(=O)Nc3cccc4cccnc34)cc2)cc1. The molecule has 4 N–H and O–H groups in total. The van der Waals surface area contributed by atoms with Crippen molar-refractivity contribution in [3.8, 4) is 5.75 Å². The van der Waals surface area contributed by atoms with Gasteiger partial charge in [-0.05, 0) is 61.2 Å². The Hall–Kier alpha value is -5.02. The van der Waals surface area contributed by atoms with E-state index in [4.69, 9.17) is 9.94 Å². The molecule has 0 spiro atoms. The van der Waals surface area contributed by atoms with Crippen molar-refractivity contribution in [2.75, 3.05) is 5.32 Å². The van der Waals surface area contributed by atoms with Gasteiger partial charge in [0.1, 0.15) is 18.4 Å². The standard InChI is InChI=1S/C34H36N4O5/c1-24-12-14-26(15-13-24)23-43-28-19-16-25(17-20-28)18-21-31(39)36-30(9-3-2-4-11-32(40)38-42)34(41)37-29-10-5-7-27-8-6-22-35-33(27)29/h5-8,10,12-22,30,42H,2-4,9,11,23H2,1H3,(H,36,39)(H,37,41)(H,38,40)/b21-18+/t30-/m0/s1. The summed E-state index contributed by atoms with van der Waals surface area (Å²) in [5.41, 5.74) is 5.92. The third kappa shape index (κ3) is 9.79. The predicted octanol–water partition coefficient (Wildman–Crippen LogP) is 5.71. The number of para-hydroxylation sites is 1. The Balaban J connectivity index is 1.35. The minimum atomic E-state index is -0.805. The summed E-state index contributed by atoms with van der Waals surface area (Å²) < 4.78 is 5.85. The van der Waals surface area contributed by atoms with Crippen molar-refractivity contribution >= 4 is 40.4 Å². The maximum atomic E-state index is 13.3. The second kappa shape index (κ2) is 15.8. The maximum absolute atomic E-state index is 13.3. The Morgan fingerprint density at radius 2 is 1.70 bits per heavy atom. The Kier molecular flexibility index (Phi) is 11.4. The molecule has 222 valence electrons. The molecule has 0 fully saturated rings. The van der Waals surface area contributed by atoms with Crippen LogP contribution in [0.15, 0.2) is 91.1 Å². The highest BCUT2D eigenvalue weighted by molar-refractivity contribution is 6.04. The van der Waals surface area contributed by atoms with Crippen molar-refractivity contribution in [3.63, 3.8) is 0 Å². The van der Waals surface area contributed by atoms with Gasteiger partial charge in [0.15, 0.2) is 0 Å². The Morgan fingerprint density at radius 3 is 2.47 bits per heavy atom. The molecule has 3 aromatic carbocycles. The molecule has 3 amide bonds. The van der Waals surface area contributed by atoms with Crippen LogP contribution in [0.5, 0.6) is 5.75 Å². The minimum Gasteiger partial charge on any atom is -0.489 e. The van der Waals surface area contributed by atoms with Gasteiger partial charge in [-0.2, -0.15) is 0 Å². The molecule has 0 saturated heterocycles. The van der Waals surface area contributed by atoms with Crippen LogP contribution in [-0.4, -0.2) is 34.0 Å². The number of benzene rings is 3. The van der Waals surface area contributed by atoms with Crippen molar-refractivity contribution in [3.05, 3.63) is 108 Å². The second-order valence-corrected chi connectivity index (χ2v) is 10.2. The zero-order valence-corrected chi connectivity index (χ0v) is 24.1. The van der Waals surface area contributed by atoms with E-state index in [2.05, 4.69) is 15.6 Å². The summed E-state index contributed by atoms with van der Waals surface area (Å²) in [6, 6.07) is 24.0. The first-order chi connectivity index (χ1) is 20.9. The number of nitrogens with one attached hydrogen (secondary N) is 3. The van der Waals surface area contributed by atoms with E-state index in [-0.39, 0.29) is 12.3 Å². The van der Waals surface area contributed by atoms with Crippen LogP contribution in [0.25, 0.3) is 17.0 Å². The minimum absolute atomic E-state index is 0.180. The van der Waals surface area contributed by atoms with Gasteiger partial charge in [0.2, 0.25) is 17.7 Å². The van der Waals surface area contributed by atoms with Crippen molar-refractivity contribution in [2.24, 2.45) is 0 Å². The Bertz CT molecular complexity index is 1550. The van der Waals surface area contributed by atoms with Gasteiger partial charge in [-0.15, -0.1) is 0 Å². The number of carbonyl (C=O) groups excluding carboxylic acids is 3. The van der Waals surface area contributed by atoms with E-state index in [9.17, 15) is 14.4 Å². The van der Waals surface area contributed by atoms with Gasteiger partial charge in [0.25, 0.3) is 0 Å². The van der Waals surface area contributed by atoms with Gasteiger partial charge in [-0.1, -0.05) is 73.0 Å². The molecule has 0 aliphatic rings. The molecule has 43 heavy (non-hydrogen) atoms. The normalized spacial score (nSPS) is 11.7. The van der Waals surface area contributed by atoms with Crippen LogP contribution >= 0.6 is 0 Å². The molecule has 1 heterocycles. The number of nitrogens with zero attached hydrogens (tertiary/aromatic N) is 1. The maximum Gasteiger partial charge on any atom is 0.247 e. The average Bonchev–Trinajstić information content (AvgIpc) is 3.03. The quantitative estimate of drug-likeness (QED) is 0.0654.